The number of carbonyl (C=O) groups is 1. The zero-order valence-electron chi connectivity index (χ0n) is 13.5. The first kappa shape index (κ1) is 18.1. The Labute approximate surface area is 138 Å². The van der Waals surface area contributed by atoms with Crippen molar-refractivity contribution in [2.75, 3.05) is 11.9 Å². The van der Waals surface area contributed by atoms with Gasteiger partial charge in [0.25, 0.3) is 0 Å². The second-order valence-corrected chi connectivity index (χ2v) is 5.41. The van der Waals surface area contributed by atoms with E-state index in [9.17, 15) is 19.8 Å². The Bertz CT molecular complexity index is 674. The zero-order chi connectivity index (χ0) is 17.9. The fourth-order valence-corrected chi connectivity index (χ4v) is 2.30. The van der Waals surface area contributed by atoms with E-state index in [1.54, 1.807) is 6.92 Å². The number of anilines is 1. The molecule has 1 saturated heterocycles. The molecule has 3 N–H and O–H groups in total. The summed E-state index contributed by atoms with van der Waals surface area (Å²) in [7, 11) is 0. The van der Waals surface area contributed by atoms with Crippen LogP contribution < -0.4 is 11.0 Å². The van der Waals surface area contributed by atoms with Crippen molar-refractivity contribution < 1.29 is 24.5 Å². The highest BCUT2D eigenvalue weighted by Gasteiger charge is 2.42. The number of nitrogens with zero attached hydrogens (tertiary/aromatic N) is 2. The third kappa shape index (κ3) is 3.64. The van der Waals surface area contributed by atoms with E-state index < -0.39 is 36.3 Å². The monoisotopic (exact) mass is 339 g/mol. The van der Waals surface area contributed by atoms with Crippen molar-refractivity contribution in [2.24, 2.45) is 0 Å². The molecule has 0 aliphatic carbocycles. The van der Waals surface area contributed by atoms with Crippen molar-refractivity contribution in [1.29, 1.82) is 0 Å². The van der Waals surface area contributed by atoms with Gasteiger partial charge in [-0.15, -0.1) is 0 Å². The highest BCUT2D eigenvalue weighted by atomic mass is 16.6. The molecule has 2 rings (SSSR count). The Balaban J connectivity index is 2.29. The third-order valence-corrected chi connectivity index (χ3v) is 3.61. The maximum absolute atomic E-state index is 12.2. The Morgan fingerprint density at radius 3 is 2.79 bits per heavy atom. The molecule has 0 saturated carbocycles. The molecule has 132 valence electrons. The maximum atomic E-state index is 12.2. The van der Waals surface area contributed by atoms with Gasteiger partial charge in [0.2, 0.25) is 0 Å². The van der Waals surface area contributed by atoms with E-state index in [1.165, 1.54) is 12.3 Å². The lowest BCUT2D eigenvalue weighted by Gasteiger charge is -2.18. The molecule has 1 amide bonds. The van der Waals surface area contributed by atoms with Crippen LogP contribution in [0.4, 0.5) is 10.6 Å². The molecular formula is C15H21N3O6. The van der Waals surface area contributed by atoms with Gasteiger partial charge in [0, 0.05) is 11.8 Å². The molecule has 2 heterocycles. The smallest absolute Gasteiger partial charge is 0.412 e. The number of aliphatic hydroxyl groups is 2. The number of carbonyl (C=O) groups excluding carboxylic acids is 1. The molecule has 1 aromatic heterocycles. The van der Waals surface area contributed by atoms with E-state index in [-0.39, 0.29) is 12.4 Å². The van der Waals surface area contributed by atoms with Crippen molar-refractivity contribution in [2.45, 2.75) is 44.8 Å². The Hall–Kier alpha value is -2.23. The zero-order valence-corrected chi connectivity index (χ0v) is 13.5. The minimum absolute atomic E-state index is 0.00608. The SMILES string of the molecule is C=Cc1cn([C@@H]2O[C@H](C)[C@@H](O)[C@H]2O)c(=O)nc1NC(=O)OCCC. The van der Waals surface area contributed by atoms with Gasteiger partial charge >= 0.3 is 11.8 Å². The lowest BCUT2D eigenvalue weighted by Crippen LogP contribution is -2.36. The van der Waals surface area contributed by atoms with E-state index >= 15 is 0 Å². The largest absolute Gasteiger partial charge is 0.449 e. The van der Waals surface area contributed by atoms with Crippen molar-refractivity contribution in [1.82, 2.24) is 9.55 Å². The minimum atomic E-state index is -1.27. The highest BCUT2D eigenvalue weighted by Crippen LogP contribution is 2.28. The fraction of sp³-hybridized carbons (Fsp3) is 0.533. The lowest BCUT2D eigenvalue weighted by atomic mass is 10.1. The molecule has 0 spiro atoms. The van der Waals surface area contributed by atoms with Crippen LogP contribution in [0.5, 0.6) is 0 Å². The molecule has 1 aliphatic heterocycles. The van der Waals surface area contributed by atoms with Gasteiger partial charge in [-0.3, -0.25) is 9.88 Å². The summed E-state index contributed by atoms with van der Waals surface area (Å²) in [6.45, 7) is 7.28. The topological polar surface area (TPSA) is 123 Å². The third-order valence-electron chi connectivity index (χ3n) is 3.61. The van der Waals surface area contributed by atoms with E-state index in [0.29, 0.717) is 12.0 Å². The van der Waals surface area contributed by atoms with Crippen LogP contribution in [-0.2, 0) is 9.47 Å². The molecule has 1 aromatic rings. The summed E-state index contributed by atoms with van der Waals surface area (Å²) in [6, 6.07) is 0. The van der Waals surface area contributed by atoms with Crippen molar-refractivity contribution >= 4 is 18.0 Å². The molecular weight excluding hydrogens is 318 g/mol. The molecule has 9 nitrogen and oxygen atoms in total. The minimum Gasteiger partial charge on any atom is -0.449 e. The number of hydrogen-bond acceptors (Lipinski definition) is 7. The predicted molar refractivity (Wildman–Crippen MR) is 85.4 cm³/mol. The number of nitrogens with one attached hydrogen (secondary N) is 1. The molecule has 0 bridgehead atoms. The summed E-state index contributed by atoms with van der Waals surface area (Å²) in [5.41, 5.74) is -0.412. The first-order valence-corrected chi connectivity index (χ1v) is 7.60. The van der Waals surface area contributed by atoms with Crippen LogP contribution in [0.1, 0.15) is 32.1 Å². The lowest BCUT2D eigenvalue weighted by molar-refractivity contribution is -0.0350. The van der Waals surface area contributed by atoms with Crippen LogP contribution in [0.2, 0.25) is 0 Å². The number of aromatic nitrogens is 2. The molecule has 4 atom stereocenters. The summed E-state index contributed by atoms with van der Waals surface area (Å²) in [6.07, 6.45) is -1.43. The number of aliphatic hydroxyl groups excluding tert-OH is 2. The fourth-order valence-electron chi connectivity index (χ4n) is 2.30. The number of hydrogen-bond donors (Lipinski definition) is 3. The number of rotatable bonds is 5. The van der Waals surface area contributed by atoms with Crippen LogP contribution in [0.3, 0.4) is 0 Å². The highest BCUT2D eigenvalue weighted by molar-refractivity contribution is 5.85. The summed E-state index contributed by atoms with van der Waals surface area (Å²) in [5, 5.41) is 22.1. The first-order valence-electron chi connectivity index (χ1n) is 7.60. The van der Waals surface area contributed by atoms with Crippen molar-refractivity contribution in [3.8, 4) is 0 Å². The van der Waals surface area contributed by atoms with Crippen LogP contribution in [-0.4, -0.2) is 50.8 Å². The van der Waals surface area contributed by atoms with Gasteiger partial charge in [0.15, 0.2) is 6.23 Å². The van der Waals surface area contributed by atoms with Gasteiger partial charge in [-0.05, 0) is 13.3 Å². The van der Waals surface area contributed by atoms with Gasteiger partial charge in [-0.25, -0.2) is 9.59 Å². The normalized spacial score (nSPS) is 26.2. The summed E-state index contributed by atoms with van der Waals surface area (Å²) < 4.78 is 11.3. The second-order valence-electron chi connectivity index (χ2n) is 5.41. The van der Waals surface area contributed by atoms with Gasteiger partial charge < -0.3 is 19.7 Å². The standard InChI is InChI=1S/C15H21N3O6/c1-4-6-23-15(22)17-12-9(5-2)7-18(14(21)16-12)13-11(20)10(19)8(3)24-13/h5,7-8,10-11,13,19-20H,2,4,6H2,1,3H3,(H,16,17,21,22)/t8-,10-,11-,13-/m1/s1. The molecule has 1 aliphatic rings. The number of ether oxygens (including phenoxy) is 2. The van der Waals surface area contributed by atoms with Crippen molar-refractivity contribution in [3.63, 3.8) is 0 Å². The second kappa shape index (κ2) is 7.56. The van der Waals surface area contributed by atoms with Crippen LogP contribution in [0, 0.1) is 0 Å². The van der Waals surface area contributed by atoms with Gasteiger partial charge in [0.1, 0.15) is 18.0 Å². The first-order chi connectivity index (χ1) is 11.4. The Kier molecular flexibility index (Phi) is 5.71. The average Bonchev–Trinajstić information content (AvgIpc) is 2.80. The van der Waals surface area contributed by atoms with E-state index in [0.717, 1.165) is 4.57 Å². The van der Waals surface area contributed by atoms with E-state index in [1.807, 2.05) is 6.92 Å². The average molecular weight is 339 g/mol. The number of amides is 1. The Morgan fingerprint density at radius 1 is 1.54 bits per heavy atom. The van der Waals surface area contributed by atoms with E-state index in [2.05, 4.69) is 16.9 Å². The summed E-state index contributed by atoms with van der Waals surface area (Å²) in [4.78, 5) is 27.6. The van der Waals surface area contributed by atoms with Crippen LogP contribution >= 0.6 is 0 Å². The molecule has 9 heteroatoms. The maximum Gasteiger partial charge on any atom is 0.412 e. The van der Waals surface area contributed by atoms with Gasteiger partial charge in [-0.2, -0.15) is 4.98 Å². The summed E-state index contributed by atoms with van der Waals surface area (Å²) in [5.74, 6) is -0.00608. The van der Waals surface area contributed by atoms with Crippen LogP contribution in [0.25, 0.3) is 6.08 Å². The van der Waals surface area contributed by atoms with Gasteiger partial charge in [-0.1, -0.05) is 19.6 Å². The predicted octanol–water partition coefficient (Wildman–Crippen LogP) is 0.484. The molecule has 0 aromatic carbocycles. The molecule has 0 radical (unpaired) electrons. The molecule has 0 unspecified atom stereocenters. The molecule has 24 heavy (non-hydrogen) atoms. The Morgan fingerprint density at radius 2 is 2.25 bits per heavy atom. The van der Waals surface area contributed by atoms with Crippen molar-refractivity contribution in [3.05, 3.63) is 28.8 Å². The summed E-state index contributed by atoms with van der Waals surface area (Å²) >= 11 is 0. The molecule has 1 fully saturated rings. The quantitative estimate of drug-likeness (QED) is 0.713. The van der Waals surface area contributed by atoms with Crippen LogP contribution in [0.15, 0.2) is 17.6 Å². The van der Waals surface area contributed by atoms with E-state index in [4.69, 9.17) is 9.47 Å². The van der Waals surface area contributed by atoms with Gasteiger partial charge in [0.05, 0.1) is 12.7 Å².